The summed E-state index contributed by atoms with van der Waals surface area (Å²) in [6, 6.07) is 0. The predicted octanol–water partition coefficient (Wildman–Crippen LogP) is -11.9. The Morgan fingerprint density at radius 1 is 0.600 bits per heavy atom. The fourth-order valence-electron chi connectivity index (χ4n) is 0.710. The zero-order valence-corrected chi connectivity index (χ0v) is 12.2. The molecule has 2 fully saturated rings. The summed E-state index contributed by atoms with van der Waals surface area (Å²) in [5, 5.41) is 21.0. The molecule has 0 saturated carbocycles. The Morgan fingerprint density at radius 2 is 0.867 bits per heavy atom. The van der Waals surface area contributed by atoms with Crippen molar-refractivity contribution in [3.8, 4) is 0 Å². The monoisotopic (exact) mass is 238 g/mol. The van der Waals surface area contributed by atoms with Crippen LogP contribution in [0.1, 0.15) is 0 Å². The summed E-state index contributed by atoms with van der Waals surface area (Å²) < 4.78 is 21.9. The van der Waals surface area contributed by atoms with Gasteiger partial charge in [-0.05, 0) is 0 Å². The van der Waals surface area contributed by atoms with Crippen molar-refractivity contribution in [2.75, 3.05) is 0 Å². The minimum absolute atomic E-state index is 0. The van der Waals surface area contributed by atoms with Gasteiger partial charge in [-0.2, -0.15) is 0 Å². The van der Waals surface area contributed by atoms with Gasteiger partial charge in [0.05, 0.1) is 0 Å². The van der Waals surface area contributed by atoms with Gasteiger partial charge in [0.1, 0.15) is 0 Å². The topological polar surface area (TPSA) is 155 Å². The molecule has 4 N–H and O–H groups in total. The Bertz CT molecular complexity index is 126. The molecular weight excluding hydrogens is 233 g/mol. The van der Waals surface area contributed by atoms with Crippen LogP contribution in [0.2, 0.25) is 0 Å². The van der Waals surface area contributed by atoms with Crippen LogP contribution in [0, 0.1) is 0 Å². The van der Waals surface area contributed by atoms with Gasteiger partial charge in [0.15, 0.2) is 0 Å². The first kappa shape index (κ1) is 22.1. The van der Waals surface area contributed by atoms with Crippen molar-refractivity contribution in [2.24, 2.45) is 0 Å². The van der Waals surface area contributed by atoms with Gasteiger partial charge in [-0.25, -0.2) is 0 Å². The summed E-state index contributed by atoms with van der Waals surface area (Å²) in [5.74, 6) is 0. The normalized spacial score (nSPS) is 18.0. The first-order valence-electron chi connectivity index (χ1n) is 2.83. The van der Waals surface area contributed by atoms with Crippen LogP contribution in [0.15, 0.2) is 0 Å². The van der Waals surface area contributed by atoms with Gasteiger partial charge in [0.25, 0.3) is 0 Å². The maximum atomic E-state index is 10.5. The van der Waals surface area contributed by atoms with Gasteiger partial charge < -0.3 is 43.9 Å². The third kappa shape index (κ3) is 6.41. The molecule has 72 valence electrons. The van der Waals surface area contributed by atoms with E-state index in [2.05, 4.69) is 22.9 Å². The summed E-state index contributed by atoms with van der Waals surface area (Å²) in [4.78, 5) is 0. The second-order valence-corrected chi connectivity index (χ2v) is 1.84. The SMILES string of the molecule is O.O.[Na+].[Na+].[O-]B1OB2OB([O-])OB(O1)O2. The molecule has 0 aromatic rings. The Morgan fingerprint density at radius 3 is 1.13 bits per heavy atom. The zero-order chi connectivity index (χ0) is 7.84. The number of fused-ring (bicyclic) bond motifs is 2. The third-order valence-electron chi connectivity index (χ3n) is 1.11. The van der Waals surface area contributed by atoms with E-state index >= 15 is 0 Å². The Hall–Kier alpha value is 1.90. The molecule has 0 radical (unpaired) electrons. The van der Waals surface area contributed by atoms with Gasteiger partial charge in [-0.1, -0.05) is 0 Å². The summed E-state index contributed by atoms with van der Waals surface area (Å²) in [6.45, 7) is 0. The van der Waals surface area contributed by atoms with E-state index in [1.165, 1.54) is 0 Å². The minimum atomic E-state index is -1.73. The van der Waals surface area contributed by atoms with E-state index in [4.69, 9.17) is 0 Å². The van der Waals surface area contributed by atoms with Crippen LogP contribution in [-0.2, 0) is 22.9 Å². The van der Waals surface area contributed by atoms with E-state index in [1.807, 2.05) is 0 Å². The Labute approximate surface area is 131 Å². The van der Waals surface area contributed by atoms with Crippen LogP contribution in [-0.4, -0.2) is 40.2 Å². The molecule has 2 aliphatic heterocycles. The van der Waals surface area contributed by atoms with E-state index in [-0.39, 0.29) is 70.1 Å². The van der Waals surface area contributed by atoms with Crippen molar-refractivity contribution >= 4 is 29.3 Å². The third-order valence-corrected chi connectivity index (χ3v) is 1.11. The van der Waals surface area contributed by atoms with Crippen molar-refractivity contribution in [3.63, 3.8) is 0 Å². The van der Waals surface area contributed by atoms with E-state index in [0.717, 1.165) is 0 Å². The maximum absolute atomic E-state index is 10.5. The Kier molecular flexibility index (Phi) is 14.6. The zero-order valence-electron chi connectivity index (χ0n) is 8.17. The summed E-state index contributed by atoms with van der Waals surface area (Å²) in [7, 11) is -6.00. The van der Waals surface area contributed by atoms with Crippen molar-refractivity contribution < 1.29 is 103 Å². The second-order valence-electron chi connectivity index (χ2n) is 1.84. The van der Waals surface area contributed by atoms with Crippen molar-refractivity contribution in [1.29, 1.82) is 0 Å². The van der Waals surface area contributed by atoms with Gasteiger partial charge >= 0.3 is 88.4 Å². The molecule has 2 rings (SSSR count). The molecule has 9 nitrogen and oxygen atoms in total. The summed E-state index contributed by atoms with van der Waals surface area (Å²) in [6.07, 6.45) is 0. The molecule has 2 bridgehead atoms. The molecule has 0 amide bonds. The van der Waals surface area contributed by atoms with Gasteiger partial charge in [0, 0.05) is 0 Å². The molecule has 0 aromatic carbocycles. The van der Waals surface area contributed by atoms with E-state index in [1.54, 1.807) is 0 Å². The maximum Gasteiger partial charge on any atom is 1.00 e. The Balaban J connectivity index is -0.000000360. The fourth-order valence-corrected chi connectivity index (χ4v) is 0.710. The van der Waals surface area contributed by atoms with Crippen LogP contribution in [0.3, 0.4) is 0 Å². The molecule has 2 saturated heterocycles. The van der Waals surface area contributed by atoms with E-state index in [9.17, 15) is 10.0 Å². The van der Waals surface area contributed by atoms with Gasteiger partial charge in [0.2, 0.25) is 0 Å². The molecule has 2 heterocycles. The molecule has 0 atom stereocenters. The summed E-state index contributed by atoms with van der Waals surface area (Å²) in [5.41, 5.74) is 0. The van der Waals surface area contributed by atoms with Crippen LogP contribution >= 0.6 is 0 Å². The molecule has 0 aromatic heterocycles. The number of hydrogen-bond donors (Lipinski definition) is 0. The molecule has 0 unspecified atom stereocenters. The standard InChI is InChI=1S/B4O7.2Na.2H2O/c5-1-7-3-9-2(6)10-4(8-1)11-3;;;;/h;;;2*1H2/q-2;2*+1;;. The molecule has 0 spiro atoms. The number of rotatable bonds is 0. The van der Waals surface area contributed by atoms with Crippen molar-refractivity contribution in [2.45, 2.75) is 0 Å². The largest absolute Gasteiger partial charge is 1.00 e. The first-order chi connectivity index (χ1) is 5.24. The number of hydrogen-bond acceptors (Lipinski definition) is 7. The van der Waals surface area contributed by atoms with E-state index in [0.29, 0.717) is 0 Å². The quantitative estimate of drug-likeness (QED) is 0.378. The van der Waals surface area contributed by atoms with Crippen LogP contribution in [0.25, 0.3) is 0 Å². The van der Waals surface area contributed by atoms with E-state index < -0.39 is 29.3 Å². The molecule has 0 aliphatic carbocycles. The second kappa shape index (κ2) is 9.88. The summed E-state index contributed by atoms with van der Waals surface area (Å²) >= 11 is 0. The molecule has 15 heteroatoms. The van der Waals surface area contributed by atoms with Crippen molar-refractivity contribution in [3.05, 3.63) is 0 Å². The molecular formula is H4B4Na2O9. The smallest absolute Gasteiger partial charge is 0.833 e. The van der Waals surface area contributed by atoms with Crippen LogP contribution < -0.4 is 69.2 Å². The van der Waals surface area contributed by atoms with Crippen LogP contribution in [0.4, 0.5) is 0 Å². The van der Waals surface area contributed by atoms with Gasteiger partial charge in [-0.3, -0.25) is 0 Å². The fraction of sp³-hybridized carbons (Fsp3) is 0. The van der Waals surface area contributed by atoms with Crippen molar-refractivity contribution in [1.82, 2.24) is 0 Å². The average molecular weight is 237 g/mol. The van der Waals surface area contributed by atoms with Gasteiger partial charge in [-0.15, -0.1) is 0 Å². The molecule has 15 heavy (non-hydrogen) atoms. The first-order valence-corrected chi connectivity index (χ1v) is 2.83. The average Bonchev–Trinajstić information content (AvgIpc) is 1.82. The van der Waals surface area contributed by atoms with Crippen LogP contribution in [0.5, 0.6) is 0 Å². The minimum Gasteiger partial charge on any atom is -0.833 e. The molecule has 2 aliphatic rings. The predicted molar refractivity (Wildman–Crippen MR) is 35.7 cm³/mol.